The van der Waals surface area contributed by atoms with E-state index in [4.69, 9.17) is 4.74 Å². The van der Waals surface area contributed by atoms with Crippen LogP contribution in [0, 0.1) is 0 Å². The van der Waals surface area contributed by atoms with Gasteiger partial charge in [0.05, 0.1) is 18.4 Å². The second-order valence-corrected chi connectivity index (χ2v) is 5.48. The molecule has 5 nitrogen and oxygen atoms in total. The van der Waals surface area contributed by atoms with Crippen LogP contribution in [0.3, 0.4) is 0 Å². The highest BCUT2D eigenvalue weighted by molar-refractivity contribution is 5.60. The monoisotopic (exact) mass is 299 g/mol. The molecule has 1 aromatic heterocycles. The zero-order valence-electron chi connectivity index (χ0n) is 12.8. The Morgan fingerprint density at radius 1 is 1.18 bits per heavy atom. The van der Waals surface area contributed by atoms with Crippen LogP contribution in [-0.2, 0) is 0 Å². The van der Waals surface area contributed by atoms with Gasteiger partial charge in [0.25, 0.3) is 0 Å². The number of nitrogens with zero attached hydrogens (tertiary/aromatic N) is 3. The topological polar surface area (TPSA) is 58.5 Å². The summed E-state index contributed by atoms with van der Waals surface area (Å²) < 4.78 is 5.44. The predicted octanol–water partition coefficient (Wildman–Crippen LogP) is 2.50. The van der Waals surface area contributed by atoms with Crippen molar-refractivity contribution in [2.45, 2.75) is 25.9 Å². The summed E-state index contributed by atoms with van der Waals surface area (Å²) in [5, 5.41) is 18.4. The van der Waals surface area contributed by atoms with Gasteiger partial charge in [0, 0.05) is 18.7 Å². The number of rotatable bonds is 4. The summed E-state index contributed by atoms with van der Waals surface area (Å²) in [6.07, 6.45) is 1.60. The van der Waals surface area contributed by atoms with Crippen molar-refractivity contribution >= 4 is 5.82 Å². The first-order valence-corrected chi connectivity index (χ1v) is 7.76. The molecule has 1 fully saturated rings. The van der Waals surface area contributed by atoms with Gasteiger partial charge < -0.3 is 14.7 Å². The molecule has 5 heteroatoms. The lowest BCUT2D eigenvalue weighted by Gasteiger charge is -2.30. The first kappa shape index (κ1) is 14.8. The maximum atomic E-state index is 9.74. The van der Waals surface area contributed by atoms with E-state index < -0.39 is 0 Å². The Labute approximate surface area is 130 Å². The van der Waals surface area contributed by atoms with Gasteiger partial charge in [-0.2, -0.15) is 0 Å². The number of benzene rings is 1. The molecule has 0 amide bonds. The van der Waals surface area contributed by atoms with Gasteiger partial charge in [-0.1, -0.05) is 0 Å². The Balaban J connectivity index is 1.73. The van der Waals surface area contributed by atoms with E-state index in [-0.39, 0.29) is 6.10 Å². The van der Waals surface area contributed by atoms with Gasteiger partial charge in [-0.15, -0.1) is 10.2 Å². The molecule has 0 saturated carbocycles. The number of hydrogen-bond acceptors (Lipinski definition) is 5. The summed E-state index contributed by atoms with van der Waals surface area (Å²) in [7, 11) is 0. The molecule has 1 N–H and O–H groups in total. The van der Waals surface area contributed by atoms with Crippen molar-refractivity contribution in [3.05, 3.63) is 36.4 Å². The first-order chi connectivity index (χ1) is 10.8. The van der Waals surface area contributed by atoms with Gasteiger partial charge in [0.2, 0.25) is 0 Å². The van der Waals surface area contributed by atoms with E-state index in [2.05, 4.69) is 15.1 Å². The van der Waals surface area contributed by atoms with Gasteiger partial charge in [-0.3, -0.25) is 0 Å². The van der Waals surface area contributed by atoms with Crippen LogP contribution in [0.25, 0.3) is 11.3 Å². The number of aliphatic hydroxyl groups excluding tert-OH is 1. The maximum absolute atomic E-state index is 9.74. The van der Waals surface area contributed by atoms with E-state index >= 15 is 0 Å². The summed E-state index contributed by atoms with van der Waals surface area (Å²) >= 11 is 0. The van der Waals surface area contributed by atoms with E-state index in [9.17, 15) is 5.11 Å². The second kappa shape index (κ2) is 6.75. The lowest BCUT2D eigenvalue weighted by atomic mass is 10.1. The third-order valence-electron chi connectivity index (χ3n) is 3.83. The first-order valence-electron chi connectivity index (χ1n) is 7.76. The molecule has 1 unspecified atom stereocenters. The molecule has 2 aromatic rings. The number of ether oxygens (including phenoxy) is 1. The molecular weight excluding hydrogens is 278 g/mol. The Kier molecular flexibility index (Phi) is 4.53. The Morgan fingerprint density at radius 2 is 2.00 bits per heavy atom. The fourth-order valence-electron chi connectivity index (χ4n) is 2.70. The third-order valence-corrected chi connectivity index (χ3v) is 3.83. The van der Waals surface area contributed by atoms with E-state index in [1.165, 1.54) is 0 Å². The van der Waals surface area contributed by atoms with E-state index in [0.29, 0.717) is 13.2 Å². The molecule has 116 valence electrons. The zero-order chi connectivity index (χ0) is 15.4. The second-order valence-electron chi connectivity index (χ2n) is 5.48. The Hall–Kier alpha value is -2.14. The van der Waals surface area contributed by atoms with Crippen LogP contribution in [0.1, 0.15) is 19.8 Å². The molecule has 0 spiro atoms. The molecule has 1 aliphatic rings. The molecule has 2 heterocycles. The summed E-state index contributed by atoms with van der Waals surface area (Å²) in [6, 6.07) is 11.8. The van der Waals surface area contributed by atoms with E-state index in [0.717, 1.165) is 42.2 Å². The van der Waals surface area contributed by atoms with Crippen molar-refractivity contribution in [3.63, 3.8) is 0 Å². The van der Waals surface area contributed by atoms with Crippen LogP contribution in [0.5, 0.6) is 5.75 Å². The maximum Gasteiger partial charge on any atom is 0.151 e. The standard InChI is InChI=1S/C17H21N3O2/c1-2-22-15-7-5-13(6-8-15)16-9-10-17(19-18-16)20-11-3-4-14(21)12-20/h5-10,14,21H,2-4,11-12H2,1H3. The molecule has 1 aromatic carbocycles. The quantitative estimate of drug-likeness (QED) is 0.940. The van der Waals surface area contributed by atoms with E-state index in [1.807, 2.05) is 43.3 Å². The predicted molar refractivity (Wildman–Crippen MR) is 86.1 cm³/mol. The highest BCUT2D eigenvalue weighted by Gasteiger charge is 2.19. The summed E-state index contributed by atoms with van der Waals surface area (Å²) in [5.41, 5.74) is 1.85. The molecule has 0 bridgehead atoms. The van der Waals surface area contributed by atoms with Gasteiger partial charge in [0.15, 0.2) is 5.82 Å². The minimum Gasteiger partial charge on any atom is -0.494 e. The fourth-order valence-corrected chi connectivity index (χ4v) is 2.70. The van der Waals surface area contributed by atoms with Crippen LogP contribution in [0.15, 0.2) is 36.4 Å². The normalized spacial score (nSPS) is 18.3. The van der Waals surface area contributed by atoms with Gasteiger partial charge >= 0.3 is 0 Å². The van der Waals surface area contributed by atoms with Crippen molar-refractivity contribution in [2.75, 3.05) is 24.6 Å². The molecule has 0 radical (unpaired) electrons. The Morgan fingerprint density at radius 3 is 2.64 bits per heavy atom. The van der Waals surface area contributed by atoms with Crippen molar-refractivity contribution in [2.24, 2.45) is 0 Å². The smallest absolute Gasteiger partial charge is 0.151 e. The number of hydrogen-bond donors (Lipinski definition) is 1. The Bertz CT molecular complexity index is 598. The van der Waals surface area contributed by atoms with Crippen molar-refractivity contribution in [3.8, 4) is 17.0 Å². The molecule has 0 aliphatic carbocycles. The van der Waals surface area contributed by atoms with E-state index in [1.54, 1.807) is 0 Å². The minimum absolute atomic E-state index is 0.263. The molecule has 1 aliphatic heterocycles. The third kappa shape index (κ3) is 3.36. The van der Waals surface area contributed by atoms with Crippen molar-refractivity contribution in [1.29, 1.82) is 0 Å². The average molecular weight is 299 g/mol. The number of piperidine rings is 1. The van der Waals surface area contributed by atoms with Crippen LogP contribution in [-0.4, -0.2) is 41.1 Å². The molecule has 3 rings (SSSR count). The minimum atomic E-state index is -0.263. The number of anilines is 1. The molecule has 22 heavy (non-hydrogen) atoms. The highest BCUT2D eigenvalue weighted by Crippen LogP contribution is 2.23. The summed E-state index contributed by atoms with van der Waals surface area (Å²) in [5.74, 6) is 1.69. The summed E-state index contributed by atoms with van der Waals surface area (Å²) in [4.78, 5) is 2.09. The van der Waals surface area contributed by atoms with Crippen LogP contribution in [0.2, 0.25) is 0 Å². The number of β-amino-alcohol motifs (C(OH)–C–C–N with tert-alkyl or cyclic N) is 1. The lowest BCUT2D eigenvalue weighted by molar-refractivity contribution is 0.154. The van der Waals surface area contributed by atoms with Crippen LogP contribution >= 0.6 is 0 Å². The fraction of sp³-hybridized carbons (Fsp3) is 0.412. The SMILES string of the molecule is CCOc1ccc(-c2ccc(N3CCCC(O)C3)nn2)cc1. The largest absolute Gasteiger partial charge is 0.494 e. The highest BCUT2D eigenvalue weighted by atomic mass is 16.5. The zero-order valence-corrected chi connectivity index (χ0v) is 12.8. The van der Waals surface area contributed by atoms with Crippen molar-refractivity contribution < 1.29 is 9.84 Å². The van der Waals surface area contributed by atoms with Crippen LogP contribution in [0.4, 0.5) is 5.82 Å². The van der Waals surface area contributed by atoms with Gasteiger partial charge in [-0.05, 0) is 56.2 Å². The van der Waals surface area contributed by atoms with Gasteiger partial charge in [-0.25, -0.2) is 0 Å². The molecule has 1 saturated heterocycles. The van der Waals surface area contributed by atoms with Crippen molar-refractivity contribution in [1.82, 2.24) is 10.2 Å². The number of aromatic nitrogens is 2. The number of aliphatic hydroxyl groups is 1. The van der Waals surface area contributed by atoms with Crippen LogP contribution < -0.4 is 9.64 Å². The lowest BCUT2D eigenvalue weighted by Crippen LogP contribution is -2.38. The summed E-state index contributed by atoms with van der Waals surface area (Å²) in [6.45, 7) is 4.19. The molecule has 1 atom stereocenters. The average Bonchev–Trinajstić information content (AvgIpc) is 2.56. The molecular formula is C17H21N3O2. The van der Waals surface area contributed by atoms with Gasteiger partial charge in [0.1, 0.15) is 5.75 Å².